The van der Waals surface area contributed by atoms with E-state index in [1.54, 1.807) is 38.1 Å². The van der Waals surface area contributed by atoms with E-state index in [1.165, 1.54) is 25.3 Å². The van der Waals surface area contributed by atoms with Crippen LogP contribution >= 0.6 is 0 Å². The summed E-state index contributed by atoms with van der Waals surface area (Å²) in [5.74, 6) is 0.0564. The van der Waals surface area contributed by atoms with E-state index in [-0.39, 0.29) is 10.6 Å². The molecule has 0 bridgehead atoms. The van der Waals surface area contributed by atoms with Crippen LogP contribution in [0.15, 0.2) is 41.3 Å². The number of methoxy groups -OCH3 is 1. The summed E-state index contributed by atoms with van der Waals surface area (Å²) >= 11 is 0. The summed E-state index contributed by atoms with van der Waals surface area (Å²) in [7, 11) is 1.18. The highest BCUT2D eigenvalue weighted by atomic mass is 32.2. The number of hydrogen-bond acceptors (Lipinski definition) is 4. The van der Waals surface area contributed by atoms with Crippen LogP contribution in [0.25, 0.3) is 0 Å². The zero-order chi connectivity index (χ0) is 17.2. The molecule has 2 aromatic rings. The van der Waals surface area contributed by atoms with E-state index in [0.717, 1.165) is 6.07 Å². The van der Waals surface area contributed by atoms with E-state index in [2.05, 4.69) is 4.72 Å². The van der Waals surface area contributed by atoms with E-state index >= 15 is 0 Å². The molecule has 0 aromatic heterocycles. The zero-order valence-corrected chi connectivity index (χ0v) is 14.2. The highest BCUT2D eigenvalue weighted by molar-refractivity contribution is 7.92. The summed E-state index contributed by atoms with van der Waals surface area (Å²) in [5.41, 5.74) is 1.30. The van der Waals surface area contributed by atoms with Crippen molar-refractivity contribution >= 4 is 21.4 Å². The number of nitrogens with one attached hydrogen (secondary N) is 1. The lowest BCUT2D eigenvalue weighted by Crippen LogP contribution is -2.18. The first-order valence-corrected chi connectivity index (χ1v) is 8.37. The number of halogens is 1. The van der Waals surface area contributed by atoms with Crippen molar-refractivity contribution in [2.45, 2.75) is 11.8 Å². The maximum atomic E-state index is 13.5. The lowest BCUT2D eigenvalue weighted by Gasteiger charge is -2.19. The van der Waals surface area contributed by atoms with Gasteiger partial charge in [-0.25, -0.2) is 12.8 Å². The lowest BCUT2D eigenvalue weighted by molar-refractivity contribution is 0.414. The van der Waals surface area contributed by atoms with Gasteiger partial charge in [0.05, 0.1) is 23.4 Å². The molecule has 0 aliphatic carbocycles. The van der Waals surface area contributed by atoms with E-state index in [4.69, 9.17) is 4.74 Å². The zero-order valence-electron chi connectivity index (χ0n) is 13.4. The fourth-order valence-electron chi connectivity index (χ4n) is 2.23. The molecule has 23 heavy (non-hydrogen) atoms. The summed E-state index contributed by atoms with van der Waals surface area (Å²) < 4.78 is 46.3. The van der Waals surface area contributed by atoms with Gasteiger partial charge in [0.25, 0.3) is 10.0 Å². The van der Waals surface area contributed by atoms with Gasteiger partial charge < -0.3 is 9.64 Å². The minimum Gasteiger partial charge on any atom is -0.497 e. The van der Waals surface area contributed by atoms with E-state index in [0.29, 0.717) is 17.0 Å². The monoisotopic (exact) mass is 338 g/mol. The van der Waals surface area contributed by atoms with Crippen molar-refractivity contribution in [2.24, 2.45) is 0 Å². The number of hydrogen-bond donors (Lipinski definition) is 1. The van der Waals surface area contributed by atoms with E-state index in [1.807, 2.05) is 0 Å². The molecule has 2 aromatic carbocycles. The van der Waals surface area contributed by atoms with Crippen LogP contribution in [0.2, 0.25) is 0 Å². The van der Waals surface area contributed by atoms with Crippen LogP contribution in [0.4, 0.5) is 15.8 Å². The standard InChI is InChI=1S/C16H19FN2O3S/c1-11-9-13(22-4)6-8-16(11)23(20,21)18-14-10-12(17)5-7-15(14)19(2)3/h5-10,18H,1-4H3. The number of ether oxygens (including phenoxy) is 1. The van der Waals surface area contributed by atoms with Crippen molar-refractivity contribution < 1.29 is 17.5 Å². The number of benzene rings is 2. The average molecular weight is 338 g/mol. The summed E-state index contributed by atoms with van der Waals surface area (Å²) in [6, 6.07) is 8.63. The number of sulfonamides is 1. The molecule has 0 fully saturated rings. The predicted molar refractivity (Wildman–Crippen MR) is 89.3 cm³/mol. The molecule has 0 heterocycles. The molecule has 0 radical (unpaired) electrons. The molecule has 0 unspecified atom stereocenters. The molecule has 5 nitrogen and oxygen atoms in total. The largest absolute Gasteiger partial charge is 0.497 e. The Morgan fingerprint density at radius 2 is 1.83 bits per heavy atom. The van der Waals surface area contributed by atoms with Crippen LogP contribution in [-0.2, 0) is 10.0 Å². The molecule has 1 N–H and O–H groups in total. The SMILES string of the molecule is COc1ccc(S(=O)(=O)Nc2cc(F)ccc2N(C)C)c(C)c1. The third-order valence-electron chi connectivity index (χ3n) is 3.36. The first kappa shape index (κ1) is 17.1. The third kappa shape index (κ3) is 3.73. The molecule has 0 saturated carbocycles. The Morgan fingerprint density at radius 3 is 2.39 bits per heavy atom. The van der Waals surface area contributed by atoms with Crippen molar-refractivity contribution in [3.05, 3.63) is 47.8 Å². The smallest absolute Gasteiger partial charge is 0.262 e. The Hall–Kier alpha value is -2.28. The number of rotatable bonds is 5. The quantitative estimate of drug-likeness (QED) is 0.910. The Balaban J connectivity index is 2.45. The van der Waals surface area contributed by atoms with Crippen LogP contribution in [0.5, 0.6) is 5.75 Å². The summed E-state index contributed by atoms with van der Waals surface area (Å²) in [4.78, 5) is 1.82. The maximum absolute atomic E-state index is 13.5. The molecule has 7 heteroatoms. The minimum atomic E-state index is -3.84. The molecule has 0 atom stereocenters. The Morgan fingerprint density at radius 1 is 1.13 bits per heavy atom. The Labute approximate surface area is 135 Å². The van der Waals surface area contributed by atoms with Crippen molar-refractivity contribution in [1.29, 1.82) is 0 Å². The molecule has 0 spiro atoms. The molecule has 124 valence electrons. The van der Waals surface area contributed by atoms with Crippen LogP contribution in [0.3, 0.4) is 0 Å². The highest BCUT2D eigenvalue weighted by Gasteiger charge is 2.19. The first-order chi connectivity index (χ1) is 10.7. The number of aryl methyl sites for hydroxylation is 1. The van der Waals surface area contributed by atoms with Crippen LogP contribution in [0, 0.1) is 12.7 Å². The van der Waals surface area contributed by atoms with Crippen molar-refractivity contribution in [2.75, 3.05) is 30.8 Å². The average Bonchev–Trinajstić information content (AvgIpc) is 2.45. The molecule has 2 rings (SSSR count). The third-order valence-corrected chi connectivity index (χ3v) is 4.88. The summed E-state index contributed by atoms with van der Waals surface area (Å²) in [6.45, 7) is 1.68. The maximum Gasteiger partial charge on any atom is 0.262 e. The normalized spacial score (nSPS) is 11.2. The molecule has 0 aliphatic rings. The molecule has 0 amide bonds. The van der Waals surface area contributed by atoms with Gasteiger partial charge in [-0.1, -0.05) is 0 Å². The van der Waals surface area contributed by atoms with Gasteiger partial charge in [0.2, 0.25) is 0 Å². The highest BCUT2D eigenvalue weighted by Crippen LogP contribution is 2.29. The minimum absolute atomic E-state index is 0.118. The number of anilines is 2. The molecule has 0 aliphatic heterocycles. The van der Waals surface area contributed by atoms with Gasteiger partial charge in [-0.3, -0.25) is 4.72 Å². The van der Waals surface area contributed by atoms with Gasteiger partial charge in [-0.15, -0.1) is 0 Å². The first-order valence-electron chi connectivity index (χ1n) is 6.89. The Kier molecular flexibility index (Phi) is 4.79. The Bertz CT molecular complexity index is 820. The van der Waals surface area contributed by atoms with Gasteiger partial charge in [0.15, 0.2) is 0 Å². The molecular weight excluding hydrogens is 319 g/mol. The van der Waals surface area contributed by atoms with Gasteiger partial charge >= 0.3 is 0 Å². The topological polar surface area (TPSA) is 58.6 Å². The fraction of sp³-hybridized carbons (Fsp3) is 0.250. The summed E-state index contributed by atoms with van der Waals surface area (Å²) in [6.07, 6.45) is 0. The summed E-state index contributed by atoms with van der Waals surface area (Å²) in [5, 5.41) is 0. The number of nitrogens with zero attached hydrogens (tertiary/aromatic N) is 1. The van der Waals surface area contributed by atoms with Gasteiger partial charge in [0, 0.05) is 20.2 Å². The predicted octanol–water partition coefficient (Wildman–Crippen LogP) is 3.01. The second kappa shape index (κ2) is 6.45. The second-order valence-corrected chi connectivity index (χ2v) is 6.94. The van der Waals surface area contributed by atoms with Crippen molar-refractivity contribution in [3.63, 3.8) is 0 Å². The van der Waals surface area contributed by atoms with Crippen LogP contribution < -0.4 is 14.4 Å². The van der Waals surface area contributed by atoms with Crippen LogP contribution in [0.1, 0.15) is 5.56 Å². The van der Waals surface area contributed by atoms with Crippen molar-refractivity contribution in [1.82, 2.24) is 0 Å². The van der Waals surface area contributed by atoms with Gasteiger partial charge in [0.1, 0.15) is 11.6 Å². The molecule has 0 saturated heterocycles. The molecular formula is C16H19FN2O3S. The van der Waals surface area contributed by atoms with E-state index in [9.17, 15) is 12.8 Å². The van der Waals surface area contributed by atoms with E-state index < -0.39 is 15.8 Å². The fourth-order valence-corrected chi connectivity index (χ4v) is 3.52. The lowest BCUT2D eigenvalue weighted by atomic mass is 10.2. The van der Waals surface area contributed by atoms with Crippen LogP contribution in [-0.4, -0.2) is 29.6 Å². The second-order valence-electron chi connectivity index (χ2n) is 5.29. The van der Waals surface area contributed by atoms with Gasteiger partial charge in [-0.05, 0) is 42.8 Å². The van der Waals surface area contributed by atoms with Crippen molar-refractivity contribution in [3.8, 4) is 5.75 Å². The van der Waals surface area contributed by atoms with Gasteiger partial charge in [-0.2, -0.15) is 0 Å².